The van der Waals surface area contributed by atoms with Crippen molar-refractivity contribution >= 4 is 17.8 Å². The maximum atomic E-state index is 13.9. The molecule has 1 aromatic carbocycles. The fraction of sp³-hybridized carbons (Fsp3) is 0.640. The van der Waals surface area contributed by atoms with Gasteiger partial charge in [-0.2, -0.15) is 13.2 Å². The highest BCUT2D eigenvalue weighted by molar-refractivity contribution is 5.94. The van der Waals surface area contributed by atoms with Crippen molar-refractivity contribution in [2.75, 3.05) is 26.2 Å². The van der Waals surface area contributed by atoms with E-state index in [1.165, 1.54) is 6.07 Å². The zero-order valence-electron chi connectivity index (χ0n) is 20.7. The summed E-state index contributed by atoms with van der Waals surface area (Å²) in [4.78, 5) is 38.7. The lowest BCUT2D eigenvalue weighted by molar-refractivity contribution is -0.192. The first kappa shape index (κ1) is 27.9. The summed E-state index contributed by atoms with van der Waals surface area (Å²) in [6, 6.07) is 5.19. The van der Waals surface area contributed by atoms with Crippen LogP contribution in [0.3, 0.4) is 0 Å². The smallest absolute Gasteiger partial charge is 0.475 e. The SMILES string of the molecule is CCCC(C)N1C[C@H]2C(=O)NC3(CCN(C(=O)c4ccc(C)c(F)c4)CC3)[C@H]2C1.O=C(O)C(F)(F)F. The molecule has 7 nitrogen and oxygen atoms in total. The molecule has 3 aliphatic heterocycles. The highest BCUT2D eigenvalue weighted by atomic mass is 19.4. The van der Waals surface area contributed by atoms with Crippen molar-refractivity contribution in [2.45, 2.75) is 64.2 Å². The van der Waals surface area contributed by atoms with Gasteiger partial charge in [-0.25, -0.2) is 9.18 Å². The van der Waals surface area contributed by atoms with Crippen LogP contribution in [0.4, 0.5) is 17.6 Å². The molecule has 1 spiro atoms. The topological polar surface area (TPSA) is 90.0 Å². The molecule has 2 N–H and O–H groups in total. The van der Waals surface area contributed by atoms with Gasteiger partial charge in [0.15, 0.2) is 0 Å². The lowest BCUT2D eigenvalue weighted by Crippen LogP contribution is -2.56. The highest BCUT2D eigenvalue weighted by Gasteiger charge is 2.57. The van der Waals surface area contributed by atoms with Gasteiger partial charge in [-0.1, -0.05) is 19.4 Å². The monoisotopic (exact) mass is 515 g/mol. The lowest BCUT2D eigenvalue weighted by Gasteiger charge is -2.43. The summed E-state index contributed by atoms with van der Waals surface area (Å²) in [5.41, 5.74) is 0.748. The standard InChI is InChI=1S/C23H32FN3O2.C2HF3O2/c1-4-5-16(3)27-13-18-19(14-27)23(25-21(18)28)8-10-26(11-9-23)22(29)17-7-6-15(2)20(24)12-17;3-2(4,5)1(6)7/h6-7,12,16,18-19H,4-5,8-11,13-14H2,1-3H3,(H,25,28);(H,6,7)/t16?,18-,19+;/m1./s1. The van der Waals surface area contributed by atoms with Crippen LogP contribution in [-0.4, -0.2) is 76.6 Å². The molecule has 0 radical (unpaired) electrons. The van der Waals surface area contributed by atoms with Crippen LogP contribution >= 0.6 is 0 Å². The molecular formula is C25H33F4N3O4. The number of rotatable bonds is 4. The number of fused-ring (bicyclic) bond motifs is 2. The Hall–Kier alpha value is -2.69. The second-order valence-corrected chi connectivity index (χ2v) is 10.0. The maximum absolute atomic E-state index is 13.9. The predicted octanol–water partition coefficient (Wildman–Crippen LogP) is 3.61. The number of likely N-dealkylation sites (tertiary alicyclic amines) is 2. The zero-order chi connectivity index (χ0) is 26.8. The summed E-state index contributed by atoms with van der Waals surface area (Å²) in [5, 5.41) is 10.4. The minimum atomic E-state index is -5.08. The van der Waals surface area contributed by atoms with E-state index in [9.17, 15) is 27.2 Å². The van der Waals surface area contributed by atoms with Gasteiger partial charge in [-0.3, -0.25) is 14.5 Å². The van der Waals surface area contributed by atoms with Crippen LogP contribution < -0.4 is 5.32 Å². The number of nitrogens with one attached hydrogen (secondary N) is 1. The molecule has 200 valence electrons. The number of carbonyl (C=O) groups is 3. The van der Waals surface area contributed by atoms with Crippen molar-refractivity contribution < 1.29 is 37.1 Å². The molecule has 2 amide bonds. The van der Waals surface area contributed by atoms with E-state index in [-0.39, 0.29) is 29.1 Å². The number of hydrogen-bond acceptors (Lipinski definition) is 4. The summed E-state index contributed by atoms with van der Waals surface area (Å²) < 4.78 is 45.6. The molecule has 36 heavy (non-hydrogen) atoms. The Morgan fingerprint density at radius 2 is 1.83 bits per heavy atom. The molecule has 3 heterocycles. The number of aliphatic carboxylic acids is 1. The number of piperidine rings is 1. The molecular weight excluding hydrogens is 482 g/mol. The van der Waals surface area contributed by atoms with Crippen molar-refractivity contribution in [3.05, 3.63) is 35.1 Å². The van der Waals surface area contributed by atoms with Crippen molar-refractivity contribution in [2.24, 2.45) is 11.8 Å². The first-order valence-electron chi connectivity index (χ1n) is 12.2. The third kappa shape index (κ3) is 5.82. The van der Waals surface area contributed by atoms with E-state index >= 15 is 0 Å². The van der Waals surface area contributed by atoms with Crippen LogP contribution in [0, 0.1) is 24.6 Å². The van der Waals surface area contributed by atoms with Gasteiger partial charge in [0.1, 0.15) is 5.82 Å². The zero-order valence-corrected chi connectivity index (χ0v) is 20.7. The number of nitrogens with zero attached hydrogens (tertiary/aromatic N) is 2. The Balaban J connectivity index is 0.000000454. The van der Waals surface area contributed by atoms with E-state index in [0.717, 1.165) is 38.8 Å². The van der Waals surface area contributed by atoms with E-state index in [4.69, 9.17) is 9.90 Å². The lowest BCUT2D eigenvalue weighted by atomic mass is 9.75. The first-order chi connectivity index (χ1) is 16.8. The fourth-order valence-electron chi connectivity index (χ4n) is 5.56. The summed E-state index contributed by atoms with van der Waals surface area (Å²) in [7, 11) is 0. The maximum Gasteiger partial charge on any atom is 0.490 e. The largest absolute Gasteiger partial charge is 0.490 e. The number of carboxylic acids is 1. The normalized spacial score (nSPS) is 24.1. The quantitative estimate of drug-likeness (QED) is 0.598. The molecule has 4 rings (SSSR count). The molecule has 0 saturated carbocycles. The molecule has 0 bridgehead atoms. The molecule has 3 saturated heterocycles. The van der Waals surface area contributed by atoms with Crippen LogP contribution in [0.1, 0.15) is 55.5 Å². The number of benzene rings is 1. The molecule has 0 aromatic heterocycles. The number of aryl methyl sites for hydroxylation is 1. The van der Waals surface area contributed by atoms with Crippen molar-refractivity contribution in [3.8, 4) is 0 Å². The van der Waals surface area contributed by atoms with Gasteiger partial charge in [-0.05, 0) is 50.8 Å². The number of alkyl halides is 3. The van der Waals surface area contributed by atoms with E-state index in [0.29, 0.717) is 36.2 Å². The van der Waals surface area contributed by atoms with Gasteiger partial charge in [0, 0.05) is 49.2 Å². The molecule has 3 fully saturated rings. The summed E-state index contributed by atoms with van der Waals surface area (Å²) in [6.07, 6.45) is -1.23. The highest BCUT2D eigenvalue weighted by Crippen LogP contribution is 2.44. The van der Waals surface area contributed by atoms with Gasteiger partial charge in [0.25, 0.3) is 5.91 Å². The van der Waals surface area contributed by atoms with Crippen molar-refractivity contribution in [1.29, 1.82) is 0 Å². The molecule has 1 unspecified atom stereocenters. The van der Waals surface area contributed by atoms with Gasteiger partial charge >= 0.3 is 12.1 Å². The number of carbonyl (C=O) groups excluding carboxylic acids is 2. The Bertz CT molecular complexity index is 992. The molecule has 1 aromatic rings. The van der Waals surface area contributed by atoms with E-state index < -0.39 is 12.1 Å². The molecule has 0 aliphatic carbocycles. The summed E-state index contributed by atoms with van der Waals surface area (Å²) in [6.45, 7) is 9.17. The Morgan fingerprint density at radius 3 is 2.36 bits per heavy atom. The average Bonchev–Trinajstić information content (AvgIpc) is 3.36. The Morgan fingerprint density at radius 1 is 1.22 bits per heavy atom. The number of halogens is 4. The predicted molar refractivity (Wildman–Crippen MR) is 124 cm³/mol. The first-order valence-corrected chi connectivity index (χ1v) is 12.2. The van der Waals surface area contributed by atoms with Gasteiger partial charge in [-0.15, -0.1) is 0 Å². The molecule has 3 atom stereocenters. The third-order valence-electron chi connectivity index (χ3n) is 7.70. The van der Waals surface area contributed by atoms with Crippen LogP contribution in [0.5, 0.6) is 0 Å². The summed E-state index contributed by atoms with van der Waals surface area (Å²) in [5.74, 6) is -2.65. The van der Waals surface area contributed by atoms with E-state index in [1.54, 1.807) is 24.0 Å². The summed E-state index contributed by atoms with van der Waals surface area (Å²) >= 11 is 0. The number of hydrogen-bond donors (Lipinski definition) is 2. The number of amides is 2. The third-order valence-corrected chi connectivity index (χ3v) is 7.70. The minimum Gasteiger partial charge on any atom is -0.475 e. The molecule has 11 heteroatoms. The Labute approximate surface area is 207 Å². The van der Waals surface area contributed by atoms with Crippen LogP contribution in [0.15, 0.2) is 18.2 Å². The fourth-order valence-corrected chi connectivity index (χ4v) is 5.56. The van der Waals surface area contributed by atoms with Crippen molar-refractivity contribution in [1.82, 2.24) is 15.1 Å². The van der Waals surface area contributed by atoms with Crippen LogP contribution in [0.2, 0.25) is 0 Å². The Kier molecular flexibility index (Phi) is 8.32. The van der Waals surface area contributed by atoms with Crippen LogP contribution in [-0.2, 0) is 9.59 Å². The van der Waals surface area contributed by atoms with Gasteiger partial charge in [0.05, 0.1) is 5.92 Å². The average molecular weight is 516 g/mol. The van der Waals surface area contributed by atoms with Crippen molar-refractivity contribution in [3.63, 3.8) is 0 Å². The second-order valence-electron chi connectivity index (χ2n) is 10.0. The minimum absolute atomic E-state index is 0.0720. The molecule has 3 aliphatic rings. The van der Waals surface area contributed by atoms with Gasteiger partial charge < -0.3 is 15.3 Å². The van der Waals surface area contributed by atoms with E-state index in [2.05, 4.69) is 24.1 Å². The van der Waals surface area contributed by atoms with E-state index in [1.807, 2.05) is 0 Å². The van der Waals surface area contributed by atoms with Gasteiger partial charge in [0.2, 0.25) is 5.91 Å². The van der Waals surface area contributed by atoms with Crippen LogP contribution in [0.25, 0.3) is 0 Å². The number of carboxylic acid groups (broad SMARTS) is 1. The second kappa shape index (κ2) is 10.7.